The molecule has 6 N–H and O–H groups in total. The van der Waals surface area contributed by atoms with Crippen molar-refractivity contribution in [2.45, 2.75) is 45.6 Å². The number of anilines is 4. The number of hydrogen-bond donors (Lipinski definition) is 6. The van der Waals surface area contributed by atoms with Crippen molar-refractivity contribution in [1.29, 1.82) is 0 Å². The number of aliphatic hydroxyl groups excluding tert-OH is 3. The van der Waals surface area contributed by atoms with Gasteiger partial charge in [0.2, 0.25) is 5.88 Å². The number of nitrogens with zero attached hydrogens (tertiary/aromatic N) is 11. The van der Waals surface area contributed by atoms with Crippen LogP contribution in [0.2, 0.25) is 0 Å². The van der Waals surface area contributed by atoms with E-state index < -0.39 is 17.9 Å². The second-order valence-electron chi connectivity index (χ2n) is 30.8. The van der Waals surface area contributed by atoms with Crippen LogP contribution < -0.4 is 72.5 Å². The molecule has 0 aliphatic carbocycles. The van der Waals surface area contributed by atoms with Crippen molar-refractivity contribution in [2.75, 3.05) is 130 Å². The number of aliphatic hydroxyl groups is 3. The van der Waals surface area contributed by atoms with Gasteiger partial charge in [0, 0.05) is 130 Å². The molecule has 0 saturated carbocycles. The van der Waals surface area contributed by atoms with Crippen molar-refractivity contribution in [3.63, 3.8) is 0 Å². The molecule has 0 radical (unpaired) electrons. The lowest BCUT2D eigenvalue weighted by molar-refractivity contribution is -0.140. The number of rotatable bonds is 22. The first-order valence-electron chi connectivity index (χ1n) is 42.0. The predicted molar refractivity (Wildman–Crippen MR) is 497 cm³/mol. The Bertz CT molecular complexity index is 6610. The van der Waals surface area contributed by atoms with Crippen molar-refractivity contribution in [1.82, 2.24) is 34.2 Å². The van der Waals surface area contributed by atoms with E-state index in [0.29, 0.717) is 117 Å². The quantitative estimate of drug-likeness (QED) is 0.0271. The lowest BCUT2D eigenvalue weighted by atomic mass is 10.0. The van der Waals surface area contributed by atoms with Crippen molar-refractivity contribution >= 4 is 108 Å². The molecule has 0 spiro atoms. The zero-order valence-electron chi connectivity index (χ0n) is 74.7. The smallest absolute Gasteiger partial charge is 0.347 e. The van der Waals surface area contributed by atoms with Crippen molar-refractivity contribution in [3.05, 3.63) is 261 Å². The number of aromatic nitrogens is 6. The van der Waals surface area contributed by atoms with Gasteiger partial charge < -0.3 is 102 Å². The highest BCUT2D eigenvalue weighted by atomic mass is 16.5. The van der Waals surface area contributed by atoms with Crippen LogP contribution in [0.5, 0.6) is 63.4 Å². The van der Waals surface area contributed by atoms with E-state index in [9.17, 15) is 49.2 Å². The number of fused-ring (bicyclic) bond motifs is 4. The number of imidazole rings is 2. The summed E-state index contributed by atoms with van der Waals surface area (Å²) in [6.45, 7) is 5.97. The Morgan fingerprint density at radius 1 is 0.432 bits per heavy atom. The molecule has 1 unspecified atom stereocenters. The Kier molecular flexibility index (Phi) is 26.7. The van der Waals surface area contributed by atoms with Crippen molar-refractivity contribution in [2.24, 2.45) is 17.0 Å². The highest BCUT2D eigenvalue weighted by Crippen LogP contribution is 2.43. The van der Waals surface area contributed by atoms with E-state index >= 15 is 0 Å². The van der Waals surface area contributed by atoms with Crippen LogP contribution in [-0.2, 0) is 48.6 Å². The topological polar surface area (TPSA) is 393 Å². The first-order chi connectivity index (χ1) is 63.8. The number of methoxy groups -OCH3 is 10. The number of carbonyl (C=O) groups excluding carboxylic acids is 5. The minimum atomic E-state index is -0.831. The molecular weight excluding hydrogens is 1700 g/mol. The van der Waals surface area contributed by atoms with E-state index in [4.69, 9.17) is 57.1 Å². The highest BCUT2D eigenvalue weighted by Gasteiger charge is 2.43. The SMILES string of the molecule is CCOC(=O)C1=C(O)CN(c2cc(OC)cc(OC)c2)C1=O.COc1cc(OC)cc(-n2c(=O)c(C3=Nc4ccccc4C3)c(O)n2C)c1.COc1cc(OC)cc(N2C(=O)C(c3nc4ccccc4[nH]3)=C(O)C2C)c1.COc1cc(OC)cc(N2CC(N3CCCC3)=C(C3=Nc4ccccc4C3)C2=O)c1.COc1cc(OC)cc(N2CC(O)=C(c3nc4ccccc4[nH]3)C2=O)c1. The van der Waals surface area contributed by atoms with E-state index in [-0.39, 0.29) is 88.4 Å². The Balaban J connectivity index is 0.000000127. The molecule has 1 saturated heterocycles. The third-order valence-electron chi connectivity index (χ3n) is 23.0. The van der Waals surface area contributed by atoms with Gasteiger partial charge in [0.05, 0.1) is 182 Å². The molecule has 34 heteroatoms. The maximum absolute atomic E-state index is 13.7. The van der Waals surface area contributed by atoms with Crippen LogP contribution in [0.1, 0.15) is 55.0 Å². The number of ether oxygens (including phenoxy) is 11. The molecule has 1 fully saturated rings. The van der Waals surface area contributed by atoms with E-state index in [0.717, 1.165) is 87.6 Å². The van der Waals surface area contributed by atoms with Gasteiger partial charge in [0.25, 0.3) is 29.2 Å². The Morgan fingerprint density at radius 3 is 1.25 bits per heavy atom. The molecule has 680 valence electrons. The average Bonchev–Trinajstić information content (AvgIpc) is 1.61. The van der Waals surface area contributed by atoms with Crippen molar-refractivity contribution in [3.8, 4) is 69.1 Å². The zero-order chi connectivity index (χ0) is 93.5. The number of amides is 4. The monoisotopic (exact) mass is 1790 g/mol. The molecule has 1 atom stereocenters. The Hall–Kier alpha value is -16.4. The summed E-state index contributed by atoms with van der Waals surface area (Å²) in [6.07, 6.45) is 3.52. The van der Waals surface area contributed by atoms with Crippen LogP contribution in [0.15, 0.2) is 237 Å². The van der Waals surface area contributed by atoms with Gasteiger partial charge in [-0.25, -0.2) is 24.1 Å². The zero-order valence-corrected chi connectivity index (χ0v) is 74.7. The first-order valence-corrected chi connectivity index (χ1v) is 42.0. The summed E-state index contributed by atoms with van der Waals surface area (Å²) in [5.74, 6) is 3.71. The fourth-order valence-corrected chi connectivity index (χ4v) is 16.3. The summed E-state index contributed by atoms with van der Waals surface area (Å²) >= 11 is 0. The molecule has 34 nitrogen and oxygen atoms in total. The highest BCUT2D eigenvalue weighted by molar-refractivity contribution is 6.32. The number of para-hydroxylation sites is 6. The summed E-state index contributed by atoms with van der Waals surface area (Å²) in [4.78, 5) is 110. The van der Waals surface area contributed by atoms with Gasteiger partial charge in [-0.15, -0.1) is 0 Å². The number of nitrogens with one attached hydrogen (secondary N) is 2. The lowest BCUT2D eigenvalue weighted by Crippen LogP contribution is -2.33. The van der Waals surface area contributed by atoms with Crippen molar-refractivity contribution < 1.29 is 96.5 Å². The lowest BCUT2D eigenvalue weighted by Gasteiger charge is -2.23. The minimum absolute atomic E-state index is 0.00115. The number of likely N-dealkylation sites (tertiary alicyclic amines) is 1. The number of aliphatic imine (C=N–C) groups is 2. The van der Waals surface area contributed by atoms with Crippen LogP contribution in [0.3, 0.4) is 0 Å². The summed E-state index contributed by atoms with van der Waals surface area (Å²) in [5, 5.41) is 41.6. The second-order valence-corrected chi connectivity index (χ2v) is 30.8. The van der Waals surface area contributed by atoms with E-state index in [1.807, 2.05) is 114 Å². The number of aromatic hydroxyl groups is 1. The molecule has 7 aliphatic heterocycles. The molecule has 9 aromatic carbocycles. The maximum Gasteiger partial charge on any atom is 0.347 e. The number of carbonyl (C=O) groups is 5. The fraction of sp³-hybridized carbons (Fsp3) is 0.245. The van der Waals surface area contributed by atoms with Gasteiger partial charge in [0.15, 0.2) is 5.57 Å². The molecule has 4 amide bonds. The van der Waals surface area contributed by atoms with Gasteiger partial charge in [-0.1, -0.05) is 60.7 Å². The molecule has 10 heterocycles. The van der Waals surface area contributed by atoms with Crippen LogP contribution in [0.25, 0.3) is 38.9 Å². The summed E-state index contributed by atoms with van der Waals surface area (Å²) in [6, 6.07) is 56.1. The predicted octanol–water partition coefficient (Wildman–Crippen LogP) is 13.9. The Labute approximate surface area is 757 Å². The fourth-order valence-electron chi connectivity index (χ4n) is 16.3. The molecule has 12 aromatic rings. The minimum Gasteiger partial charge on any atom is -0.509 e. The largest absolute Gasteiger partial charge is 0.509 e. The number of esters is 1. The summed E-state index contributed by atoms with van der Waals surface area (Å²) in [7, 11) is 17.1. The summed E-state index contributed by atoms with van der Waals surface area (Å²) < 4.78 is 60.4. The van der Waals surface area contributed by atoms with Gasteiger partial charge in [-0.3, -0.25) is 38.9 Å². The average molecular weight is 1790 g/mol. The van der Waals surface area contributed by atoms with E-state index in [1.165, 1.54) is 43.8 Å². The van der Waals surface area contributed by atoms with Gasteiger partial charge in [-0.05, 0) is 74.2 Å². The normalized spacial score (nSPS) is 15.4. The molecule has 3 aromatic heterocycles. The Morgan fingerprint density at radius 2 is 0.811 bits per heavy atom. The number of hydrogen-bond acceptors (Lipinski definition) is 26. The standard InChI is InChI=1S/C24H25N3O3.2C20H19N3O4.C19H17N3O4.C15H17NO6/c1-29-18-12-17(13-19(14-18)30-2)27-15-22(26-9-5-6-10-26)23(24(27)28)21-11-16-7-3-4-8-20(16)25-21;1-22-19(24)18(17-8-12-6-4-5-7-16(12)21-17)20(25)23(22)13-9-14(26-2)11-15(10-13)27-3;1-11-18(24)17(19-21-15-6-4-5-7-16(15)22-19)20(25)23(11)12-8-13(26-2)10-14(9-12)27-3;1-25-12-7-11(8-13(9-12)26-2)22-10-16(23)17(19(22)24)18-20-14-5-3-4-6-15(14)21-18;1-4-22-15(19)13-12(17)8-16(14(13)18)9-5-10(20-2)7-11(6-9)21-3/h3-4,7-8,12-14H,5-6,9-11,15H2,1-2H3;4-7,9-11,24H,8H2,1-3H3;4-11,24H,1-3H3,(H,21,22);3-9,23H,10H2,1-2H3,(H,20,21);5-7,17H,4,8H2,1-3H3. The molecule has 0 bridgehead atoms. The summed E-state index contributed by atoms with van der Waals surface area (Å²) in [5.41, 5.74) is 13.1. The molecule has 19 rings (SSSR count). The van der Waals surface area contributed by atoms with Gasteiger partial charge in [0.1, 0.15) is 103 Å². The molecule has 132 heavy (non-hydrogen) atoms. The number of H-pyrrole nitrogens is 2. The first kappa shape index (κ1) is 90.4. The third kappa shape index (κ3) is 18.2. The second kappa shape index (κ2) is 39.0. The van der Waals surface area contributed by atoms with E-state index in [1.54, 1.807) is 151 Å². The third-order valence-corrected chi connectivity index (χ3v) is 23.0. The van der Waals surface area contributed by atoms with Crippen LogP contribution in [-0.4, -0.2) is 212 Å². The van der Waals surface area contributed by atoms with Gasteiger partial charge in [-0.2, -0.15) is 0 Å². The van der Waals surface area contributed by atoms with E-state index in [2.05, 4.69) is 35.9 Å². The van der Waals surface area contributed by atoms with Crippen LogP contribution >= 0.6 is 0 Å². The number of aromatic amines is 2. The number of benzene rings is 9. The molecular formula is C98H97N13O21. The van der Waals surface area contributed by atoms with Gasteiger partial charge >= 0.3 is 5.97 Å². The maximum atomic E-state index is 13.7. The molecule has 7 aliphatic rings. The van der Waals surface area contributed by atoms with Crippen LogP contribution in [0, 0.1) is 0 Å². The van der Waals surface area contributed by atoms with Crippen LogP contribution in [0.4, 0.5) is 34.1 Å².